The number of amides is 2. The van der Waals surface area contributed by atoms with Crippen molar-refractivity contribution in [3.63, 3.8) is 0 Å². The molecule has 8 nitrogen and oxygen atoms in total. The average molecular weight is 446 g/mol. The van der Waals surface area contributed by atoms with Gasteiger partial charge in [0.1, 0.15) is 24.0 Å². The number of halogens is 1. The number of carbonyl (C=O) groups is 2. The van der Waals surface area contributed by atoms with Crippen LogP contribution in [-0.4, -0.2) is 54.3 Å². The Morgan fingerprint density at radius 2 is 2.13 bits per heavy atom. The number of piperidine rings is 1. The lowest BCUT2D eigenvalue weighted by molar-refractivity contribution is 0.0905. The van der Waals surface area contributed by atoms with E-state index < -0.39 is 0 Å². The fourth-order valence-corrected chi connectivity index (χ4v) is 3.96. The Hall–Kier alpha value is -3.00. The lowest BCUT2D eigenvalue weighted by Gasteiger charge is -2.32. The molecule has 1 aromatic heterocycles. The summed E-state index contributed by atoms with van der Waals surface area (Å²) in [6.07, 6.45) is 1.02. The molecule has 31 heavy (non-hydrogen) atoms. The van der Waals surface area contributed by atoms with Crippen LogP contribution in [0.1, 0.15) is 34.5 Å². The smallest absolute Gasteiger partial charge is 0.410 e. The van der Waals surface area contributed by atoms with Gasteiger partial charge in [0.2, 0.25) is 5.88 Å². The van der Waals surface area contributed by atoms with Crippen LogP contribution in [0.4, 0.5) is 4.79 Å². The zero-order valence-electron chi connectivity index (χ0n) is 17.4. The maximum atomic E-state index is 12.8. The molecule has 0 spiro atoms. The molecule has 1 N–H and O–H groups in total. The molecule has 9 heteroatoms. The van der Waals surface area contributed by atoms with E-state index in [-0.39, 0.29) is 30.0 Å². The van der Waals surface area contributed by atoms with E-state index in [2.05, 4.69) is 10.3 Å². The maximum absolute atomic E-state index is 12.8. The topological polar surface area (TPSA) is 90.0 Å². The molecule has 1 aromatic carbocycles. The van der Waals surface area contributed by atoms with Crippen molar-refractivity contribution in [1.29, 1.82) is 0 Å². The van der Waals surface area contributed by atoms with E-state index in [9.17, 15) is 9.59 Å². The summed E-state index contributed by atoms with van der Waals surface area (Å²) in [5, 5.41) is 3.52. The summed E-state index contributed by atoms with van der Waals surface area (Å²) in [5.41, 5.74) is 1.86. The van der Waals surface area contributed by atoms with Crippen LogP contribution in [0.25, 0.3) is 0 Å². The van der Waals surface area contributed by atoms with Crippen LogP contribution in [0.15, 0.2) is 30.3 Å². The van der Waals surface area contributed by atoms with Gasteiger partial charge in [-0.2, -0.15) is 0 Å². The molecule has 0 bridgehead atoms. The van der Waals surface area contributed by atoms with Crippen molar-refractivity contribution in [2.75, 3.05) is 20.3 Å². The van der Waals surface area contributed by atoms with Gasteiger partial charge in [-0.25, -0.2) is 9.78 Å². The highest BCUT2D eigenvalue weighted by Gasteiger charge is 2.39. The number of pyridine rings is 1. The summed E-state index contributed by atoms with van der Waals surface area (Å²) in [5.74, 6) is 0.456. The third kappa shape index (κ3) is 4.69. The van der Waals surface area contributed by atoms with Crippen molar-refractivity contribution >= 4 is 23.6 Å². The van der Waals surface area contributed by atoms with Gasteiger partial charge in [-0.3, -0.25) is 4.79 Å². The van der Waals surface area contributed by atoms with Gasteiger partial charge in [-0.15, -0.1) is 0 Å². The minimum Gasteiger partial charge on any atom is -0.488 e. The minimum absolute atomic E-state index is 0.0277. The second-order valence-corrected chi connectivity index (χ2v) is 8.06. The Kier molecular flexibility index (Phi) is 6.18. The fraction of sp³-hybridized carbons (Fsp3) is 0.409. The normalized spacial score (nSPS) is 20.1. The molecule has 0 aliphatic carbocycles. The van der Waals surface area contributed by atoms with Crippen LogP contribution in [0.5, 0.6) is 11.6 Å². The predicted octanol–water partition coefficient (Wildman–Crippen LogP) is 3.34. The molecular weight excluding hydrogens is 422 g/mol. The molecule has 2 saturated heterocycles. The largest absolute Gasteiger partial charge is 0.488 e. The van der Waals surface area contributed by atoms with Gasteiger partial charge in [0, 0.05) is 37.0 Å². The number of nitrogens with zero attached hydrogens (tertiary/aromatic N) is 2. The van der Waals surface area contributed by atoms with Gasteiger partial charge in [0.15, 0.2) is 0 Å². The first-order valence-corrected chi connectivity index (χ1v) is 10.5. The molecule has 0 unspecified atom stereocenters. The van der Waals surface area contributed by atoms with E-state index >= 15 is 0 Å². The number of aromatic nitrogens is 1. The fourth-order valence-electron chi connectivity index (χ4n) is 3.83. The van der Waals surface area contributed by atoms with Crippen LogP contribution in [0.3, 0.4) is 0 Å². The van der Waals surface area contributed by atoms with Crippen LogP contribution < -0.4 is 14.8 Å². The quantitative estimate of drug-likeness (QED) is 0.733. The van der Waals surface area contributed by atoms with Gasteiger partial charge in [-0.05, 0) is 24.6 Å². The zero-order valence-corrected chi connectivity index (χ0v) is 18.1. The number of cyclic esters (lactones) is 1. The lowest BCUT2D eigenvalue weighted by atomic mass is 10.0. The molecule has 3 heterocycles. The summed E-state index contributed by atoms with van der Waals surface area (Å²) in [7, 11) is 1.48. The maximum Gasteiger partial charge on any atom is 0.410 e. The summed E-state index contributed by atoms with van der Waals surface area (Å²) < 4.78 is 16.6. The number of hydrogen-bond donors (Lipinski definition) is 1. The second kappa shape index (κ2) is 9.01. The Balaban J connectivity index is 1.46. The Morgan fingerprint density at radius 3 is 2.87 bits per heavy atom. The number of rotatable bonds is 6. The molecule has 4 rings (SSSR count). The molecule has 2 atom stereocenters. The van der Waals surface area contributed by atoms with E-state index in [4.69, 9.17) is 25.8 Å². The number of methoxy groups -OCH3 is 1. The number of carbonyl (C=O) groups excluding carboxylic acids is 2. The molecule has 2 aliphatic heterocycles. The highest BCUT2D eigenvalue weighted by molar-refractivity contribution is 6.30. The molecule has 2 fully saturated rings. The molecule has 0 radical (unpaired) electrons. The van der Waals surface area contributed by atoms with Crippen molar-refractivity contribution < 1.29 is 23.8 Å². The number of ether oxygens (including phenoxy) is 3. The molecule has 2 aliphatic rings. The average Bonchev–Trinajstić information content (AvgIpc) is 3.14. The summed E-state index contributed by atoms with van der Waals surface area (Å²) >= 11 is 5.91. The molecule has 2 amide bonds. The van der Waals surface area contributed by atoms with Crippen molar-refractivity contribution in [1.82, 2.24) is 15.2 Å². The monoisotopic (exact) mass is 445 g/mol. The minimum atomic E-state index is -0.311. The molecular formula is C22H24ClN3O5. The Morgan fingerprint density at radius 1 is 1.35 bits per heavy atom. The first-order valence-electron chi connectivity index (χ1n) is 10.1. The number of aryl methyl sites for hydroxylation is 1. The number of fused-ring (bicyclic) bond motifs is 1. The Bertz CT molecular complexity index is 982. The van der Waals surface area contributed by atoms with Crippen LogP contribution in [0.2, 0.25) is 5.02 Å². The van der Waals surface area contributed by atoms with Crippen LogP contribution in [0, 0.1) is 6.92 Å². The standard InChI is InChI=1S/C22H24ClN3O5/c1-13-19(31-17-7-8-26-16(9-17)12-30-22(26)28)10-18(21(25-13)29-2)20(27)24-11-14-3-5-15(23)6-4-14/h3-6,10,16-17H,7-9,11-12H2,1-2H3,(H,24,27)/t16-,17-/m0/s1. The van der Waals surface area contributed by atoms with Gasteiger partial charge in [0.05, 0.1) is 18.8 Å². The molecule has 2 aromatic rings. The zero-order chi connectivity index (χ0) is 22.0. The van der Waals surface area contributed by atoms with Crippen molar-refractivity contribution in [3.05, 3.63) is 52.2 Å². The van der Waals surface area contributed by atoms with Crippen molar-refractivity contribution in [3.8, 4) is 11.6 Å². The first kappa shape index (κ1) is 21.2. The van der Waals surface area contributed by atoms with Crippen LogP contribution in [-0.2, 0) is 11.3 Å². The lowest BCUT2D eigenvalue weighted by Crippen LogP contribution is -2.44. The third-order valence-electron chi connectivity index (χ3n) is 5.53. The third-order valence-corrected chi connectivity index (χ3v) is 5.78. The van der Waals surface area contributed by atoms with E-state index in [1.54, 1.807) is 23.1 Å². The number of nitrogens with one attached hydrogen (secondary N) is 1. The Labute approximate surface area is 185 Å². The SMILES string of the molecule is COc1nc(C)c(O[C@H]2CCN3C(=O)OC[C@@H]3C2)cc1C(=O)NCc1ccc(Cl)cc1. The van der Waals surface area contributed by atoms with Gasteiger partial charge in [-0.1, -0.05) is 23.7 Å². The van der Waals surface area contributed by atoms with Crippen molar-refractivity contribution in [2.24, 2.45) is 0 Å². The van der Waals surface area contributed by atoms with Gasteiger partial charge in [0.25, 0.3) is 5.91 Å². The van der Waals surface area contributed by atoms with Gasteiger partial charge >= 0.3 is 6.09 Å². The van der Waals surface area contributed by atoms with E-state index in [0.29, 0.717) is 54.6 Å². The number of benzene rings is 1. The summed E-state index contributed by atoms with van der Waals surface area (Å²) in [6.45, 7) is 3.13. The van der Waals surface area contributed by atoms with Crippen molar-refractivity contribution in [2.45, 2.75) is 38.5 Å². The van der Waals surface area contributed by atoms with E-state index in [1.165, 1.54) is 7.11 Å². The highest BCUT2D eigenvalue weighted by atomic mass is 35.5. The molecule has 164 valence electrons. The predicted molar refractivity (Wildman–Crippen MR) is 114 cm³/mol. The first-order chi connectivity index (χ1) is 14.9. The summed E-state index contributed by atoms with van der Waals surface area (Å²) in [6, 6.07) is 8.95. The van der Waals surface area contributed by atoms with Crippen LogP contribution >= 0.6 is 11.6 Å². The van der Waals surface area contributed by atoms with E-state index in [0.717, 1.165) is 5.56 Å². The van der Waals surface area contributed by atoms with Gasteiger partial charge < -0.3 is 24.4 Å². The molecule has 0 saturated carbocycles. The summed E-state index contributed by atoms with van der Waals surface area (Å²) in [4.78, 5) is 30.7. The highest BCUT2D eigenvalue weighted by Crippen LogP contribution is 2.30. The van der Waals surface area contributed by atoms with E-state index in [1.807, 2.05) is 19.1 Å². The number of hydrogen-bond acceptors (Lipinski definition) is 6. The second-order valence-electron chi connectivity index (χ2n) is 7.63.